The van der Waals surface area contributed by atoms with Gasteiger partial charge in [-0.3, -0.25) is 20.4 Å². The van der Waals surface area contributed by atoms with Gasteiger partial charge >= 0.3 is 0 Å². The van der Waals surface area contributed by atoms with Gasteiger partial charge in [0.15, 0.2) is 0 Å². The molecule has 29 heavy (non-hydrogen) atoms. The molecule has 0 aliphatic heterocycles. The van der Waals surface area contributed by atoms with E-state index in [4.69, 9.17) is 0 Å². The zero-order valence-corrected chi connectivity index (χ0v) is 17.5. The minimum absolute atomic E-state index is 0.0450. The highest BCUT2D eigenvalue weighted by molar-refractivity contribution is 6.06. The van der Waals surface area contributed by atoms with E-state index in [-0.39, 0.29) is 17.9 Å². The monoisotopic (exact) mass is 401 g/mol. The maximum atomic E-state index is 12.6. The van der Waals surface area contributed by atoms with Crippen LogP contribution in [0.25, 0.3) is 11.0 Å². The molecule has 1 aliphatic rings. The standard InChI is InChI=1S/C21H31N5O3/c1-5-21(29)9-12(2)8-15(10-21)13(3)24-18-16-6-7-22-19(16)23-11-17(18)20(28)26-25-14(4)27/h6-7,11-13,15,29H,5,8-10H2,1-4H3,(H,25,27)(H,26,28)(H2,22,23,24)/t12?,13-,15-,21-/m0/s1. The first-order chi connectivity index (χ1) is 13.7. The summed E-state index contributed by atoms with van der Waals surface area (Å²) in [6, 6.07) is 1.92. The first-order valence-electron chi connectivity index (χ1n) is 10.2. The van der Waals surface area contributed by atoms with Crippen molar-refractivity contribution in [1.29, 1.82) is 0 Å². The van der Waals surface area contributed by atoms with Crippen molar-refractivity contribution in [2.24, 2.45) is 11.8 Å². The van der Waals surface area contributed by atoms with Crippen molar-refractivity contribution in [1.82, 2.24) is 20.8 Å². The van der Waals surface area contributed by atoms with Crippen LogP contribution in [0.15, 0.2) is 18.5 Å². The summed E-state index contributed by atoms with van der Waals surface area (Å²) in [4.78, 5) is 31.2. The minimum atomic E-state index is -0.633. The van der Waals surface area contributed by atoms with Crippen LogP contribution < -0.4 is 16.2 Å². The zero-order chi connectivity index (χ0) is 21.2. The van der Waals surface area contributed by atoms with E-state index < -0.39 is 11.5 Å². The number of hydrogen-bond acceptors (Lipinski definition) is 5. The van der Waals surface area contributed by atoms with Gasteiger partial charge in [0.2, 0.25) is 5.91 Å². The maximum Gasteiger partial charge on any atom is 0.273 e. The van der Waals surface area contributed by atoms with Crippen molar-refractivity contribution in [2.45, 2.75) is 65.0 Å². The zero-order valence-electron chi connectivity index (χ0n) is 17.5. The topological polar surface area (TPSA) is 119 Å². The quantitative estimate of drug-likeness (QED) is 0.494. The predicted octanol–water partition coefficient (Wildman–Crippen LogP) is 2.72. The lowest BCUT2D eigenvalue weighted by atomic mass is 9.70. The van der Waals surface area contributed by atoms with Crippen LogP contribution in [0.3, 0.4) is 0 Å². The van der Waals surface area contributed by atoms with E-state index in [0.717, 1.165) is 31.1 Å². The van der Waals surface area contributed by atoms with Gasteiger partial charge in [0.25, 0.3) is 5.91 Å². The highest BCUT2D eigenvalue weighted by atomic mass is 16.3. The number of carbonyl (C=O) groups excluding carboxylic acids is 2. The largest absolute Gasteiger partial charge is 0.390 e. The van der Waals surface area contributed by atoms with E-state index in [1.807, 2.05) is 13.0 Å². The Morgan fingerprint density at radius 1 is 1.38 bits per heavy atom. The molecule has 2 aromatic rings. The molecule has 3 rings (SSSR count). The second-order valence-corrected chi connectivity index (χ2v) is 8.44. The van der Waals surface area contributed by atoms with Gasteiger partial charge in [-0.25, -0.2) is 4.98 Å². The highest BCUT2D eigenvalue weighted by Gasteiger charge is 2.38. The number of carbonyl (C=O) groups is 2. The fourth-order valence-electron chi connectivity index (χ4n) is 4.47. The third-order valence-corrected chi connectivity index (χ3v) is 6.00. The highest BCUT2D eigenvalue weighted by Crippen LogP contribution is 2.40. The molecule has 0 saturated heterocycles. The number of anilines is 1. The molecule has 4 atom stereocenters. The lowest BCUT2D eigenvalue weighted by molar-refractivity contribution is -0.119. The summed E-state index contributed by atoms with van der Waals surface area (Å²) in [7, 11) is 0. The molecule has 2 amide bonds. The first kappa shape index (κ1) is 21.1. The molecule has 8 nitrogen and oxygen atoms in total. The Morgan fingerprint density at radius 3 is 2.83 bits per heavy atom. The summed E-state index contributed by atoms with van der Waals surface area (Å²) in [5, 5.41) is 15.2. The van der Waals surface area contributed by atoms with Gasteiger partial charge in [-0.1, -0.05) is 13.8 Å². The number of aromatic nitrogens is 2. The van der Waals surface area contributed by atoms with Gasteiger partial charge in [-0.2, -0.15) is 0 Å². The summed E-state index contributed by atoms with van der Waals surface area (Å²) in [6.45, 7) is 7.63. The average molecular weight is 402 g/mol. The molecule has 158 valence electrons. The molecule has 1 unspecified atom stereocenters. The molecule has 2 aromatic heterocycles. The van der Waals surface area contributed by atoms with Crippen LogP contribution in [-0.2, 0) is 4.79 Å². The van der Waals surface area contributed by atoms with Gasteiger partial charge in [0.1, 0.15) is 5.65 Å². The number of fused-ring (bicyclic) bond motifs is 1. The SMILES string of the molecule is CC[C@]1(O)CC(C)C[C@H]([C@H](C)Nc2c(C(=O)NNC(C)=O)cnc3[nH]ccc23)C1. The van der Waals surface area contributed by atoms with E-state index in [1.165, 1.54) is 13.1 Å². The van der Waals surface area contributed by atoms with Gasteiger partial charge < -0.3 is 15.4 Å². The third kappa shape index (κ3) is 4.70. The molecule has 0 radical (unpaired) electrons. The Balaban J connectivity index is 1.88. The van der Waals surface area contributed by atoms with Crippen molar-refractivity contribution < 1.29 is 14.7 Å². The number of H-pyrrole nitrogens is 1. The predicted molar refractivity (Wildman–Crippen MR) is 112 cm³/mol. The van der Waals surface area contributed by atoms with Crippen molar-refractivity contribution in [3.05, 3.63) is 24.0 Å². The number of aliphatic hydroxyl groups is 1. The number of amides is 2. The van der Waals surface area contributed by atoms with E-state index in [1.54, 1.807) is 6.20 Å². The number of hydrazine groups is 1. The smallest absolute Gasteiger partial charge is 0.273 e. The molecule has 8 heteroatoms. The molecular weight excluding hydrogens is 370 g/mol. The Morgan fingerprint density at radius 2 is 2.14 bits per heavy atom. The number of nitrogens with zero attached hydrogens (tertiary/aromatic N) is 1. The molecule has 2 heterocycles. The second kappa shape index (κ2) is 8.41. The fourth-order valence-corrected chi connectivity index (χ4v) is 4.47. The van der Waals surface area contributed by atoms with Crippen molar-refractivity contribution in [3.8, 4) is 0 Å². The van der Waals surface area contributed by atoms with Gasteiger partial charge in [0.05, 0.1) is 16.9 Å². The Labute approximate surface area is 170 Å². The molecule has 1 saturated carbocycles. The number of aromatic amines is 1. The van der Waals surface area contributed by atoms with Crippen LogP contribution in [0.2, 0.25) is 0 Å². The van der Waals surface area contributed by atoms with Crippen molar-refractivity contribution in [2.75, 3.05) is 5.32 Å². The summed E-state index contributed by atoms with van der Waals surface area (Å²) >= 11 is 0. The second-order valence-electron chi connectivity index (χ2n) is 8.44. The molecule has 0 bridgehead atoms. The third-order valence-electron chi connectivity index (χ3n) is 6.00. The van der Waals surface area contributed by atoms with Gasteiger partial charge in [-0.15, -0.1) is 0 Å². The lowest BCUT2D eigenvalue weighted by Gasteiger charge is -2.42. The molecule has 1 fully saturated rings. The van der Waals surface area contributed by atoms with E-state index in [2.05, 4.69) is 40.0 Å². The summed E-state index contributed by atoms with van der Waals surface area (Å²) < 4.78 is 0. The van der Waals surface area contributed by atoms with Crippen molar-refractivity contribution >= 4 is 28.5 Å². The van der Waals surface area contributed by atoms with Gasteiger partial charge in [0, 0.05) is 30.7 Å². The summed E-state index contributed by atoms with van der Waals surface area (Å²) in [5.41, 5.74) is 5.80. The maximum absolute atomic E-state index is 12.6. The molecule has 5 N–H and O–H groups in total. The van der Waals surface area contributed by atoms with E-state index >= 15 is 0 Å². The summed E-state index contributed by atoms with van der Waals surface area (Å²) in [5.74, 6) is -0.0770. The van der Waals surface area contributed by atoms with Crippen LogP contribution in [0, 0.1) is 11.8 Å². The molecule has 1 aliphatic carbocycles. The fraction of sp³-hybridized carbons (Fsp3) is 0.571. The first-order valence-corrected chi connectivity index (χ1v) is 10.2. The number of hydrogen-bond donors (Lipinski definition) is 5. The summed E-state index contributed by atoms with van der Waals surface area (Å²) in [6.07, 6.45) is 6.59. The Hall–Kier alpha value is -2.61. The number of pyridine rings is 1. The van der Waals surface area contributed by atoms with Crippen LogP contribution >= 0.6 is 0 Å². The normalized spacial score (nSPS) is 25.4. The Bertz CT molecular complexity index is 896. The Kier molecular flexibility index (Phi) is 6.12. The minimum Gasteiger partial charge on any atom is -0.390 e. The molecule has 0 spiro atoms. The average Bonchev–Trinajstić information content (AvgIpc) is 3.14. The van der Waals surface area contributed by atoms with Crippen LogP contribution in [0.5, 0.6) is 0 Å². The molecular formula is C21H31N5O3. The number of nitrogens with one attached hydrogen (secondary N) is 4. The van der Waals surface area contributed by atoms with E-state index in [0.29, 0.717) is 22.8 Å². The van der Waals surface area contributed by atoms with Crippen LogP contribution in [0.1, 0.15) is 63.7 Å². The van der Waals surface area contributed by atoms with Crippen LogP contribution in [-0.4, -0.2) is 38.5 Å². The number of rotatable bonds is 5. The van der Waals surface area contributed by atoms with E-state index in [9.17, 15) is 14.7 Å². The lowest BCUT2D eigenvalue weighted by Crippen LogP contribution is -2.43. The molecule has 0 aromatic carbocycles. The van der Waals surface area contributed by atoms with Crippen LogP contribution in [0.4, 0.5) is 5.69 Å². The van der Waals surface area contributed by atoms with Crippen molar-refractivity contribution in [3.63, 3.8) is 0 Å². The van der Waals surface area contributed by atoms with Gasteiger partial charge in [-0.05, 0) is 50.5 Å².